The van der Waals surface area contributed by atoms with Crippen molar-refractivity contribution < 1.29 is 9.47 Å². The second-order valence-electron chi connectivity index (χ2n) is 4.50. The van der Waals surface area contributed by atoms with Crippen molar-refractivity contribution in [2.45, 2.75) is 25.3 Å². The highest BCUT2D eigenvalue weighted by molar-refractivity contribution is 4.85. The minimum absolute atomic E-state index is 0.581. The maximum Gasteiger partial charge on any atom is 0.0622 e. The van der Waals surface area contributed by atoms with Gasteiger partial charge in [0.15, 0.2) is 0 Å². The lowest BCUT2D eigenvalue weighted by atomic mass is 10.1. The molecule has 0 aromatic heterocycles. The molecule has 2 rings (SSSR count). The maximum atomic E-state index is 5.73. The third-order valence-corrected chi connectivity index (χ3v) is 3.24. The number of likely N-dealkylation sites (N-methyl/N-ethyl adjacent to an activating group) is 1. The lowest BCUT2D eigenvalue weighted by molar-refractivity contribution is 0.0720. The number of rotatable bonds is 6. The highest BCUT2D eigenvalue weighted by Crippen LogP contribution is 2.32. The van der Waals surface area contributed by atoms with Gasteiger partial charge in [-0.25, -0.2) is 0 Å². The molecule has 82 valence electrons. The van der Waals surface area contributed by atoms with Crippen LogP contribution in [0.2, 0.25) is 0 Å². The van der Waals surface area contributed by atoms with Crippen LogP contribution in [0.4, 0.5) is 0 Å². The molecule has 2 unspecified atom stereocenters. The van der Waals surface area contributed by atoms with Crippen molar-refractivity contribution in [3.63, 3.8) is 0 Å². The van der Waals surface area contributed by atoms with Crippen LogP contribution in [0.25, 0.3) is 0 Å². The predicted molar refractivity (Wildman–Crippen MR) is 55.3 cm³/mol. The molecule has 2 aliphatic rings. The van der Waals surface area contributed by atoms with Crippen LogP contribution < -0.4 is 5.32 Å². The van der Waals surface area contributed by atoms with Gasteiger partial charge < -0.3 is 14.8 Å². The molecule has 0 radical (unpaired) electrons. The molecule has 0 aromatic rings. The minimum Gasteiger partial charge on any atom is -0.381 e. The Morgan fingerprint density at radius 1 is 1.43 bits per heavy atom. The summed E-state index contributed by atoms with van der Waals surface area (Å²) in [6.07, 6.45) is 3.93. The lowest BCUT2D eigenvalue weighted by Gasteiger charge is -2.16. The first-order valence-corrected chi connectivity index (χ1v) is 5.73. The molecule has 0 spiro atoms. The van der Waals surface area contributed by atoms with E-state index < -0.39 is 0 Å². The van der Waals surface area contributed by atoms with Crippen molar-refractivity contribution in [1.29, 1.82) is 0 Å². The average molecular weight is 199 g/mol. The lowest BCUT2D eigenvalue weighted by Crippen LogP contribution is -2.33. The summed E-state index contributed by atoms with van der Waals surface area (Å²) >= 11 is 0. The summed E-state index contributed by atoms with van der Waals surface area (Å²) in [5, 5.41) is 3.33. The summed E-state index contributed by atoms with van der Waals surface area (Å²) in [5.41, 5.74) is 0. The fourth-order valence-corrected chi connectivity index (χ4v) is 2.03. The van der Waals surface area contributed by atoms with Crippen molar-refractivity contribution in [1.82, 2.24) is 5.32 Å². The standard InChI is InChI=1S/C11H21NO2/c1-12-11(10-2-3-10)8-14-7-9-4-5-13-6-9/h9-12H,2-8H2,1H3. The van der Waals surface area contributed by atoms with E-state index in [1.165, 1.54) is 19.3 Å². The van der Waals surface area contributed by atoms with E-state index in [1.54, 1.807) is 0 Å². The Kier molecular flexibility index (Phi) is 3.79. The fraction of sp³-hybridized carbons (Fsp3) is 1.00. The molecule has 0 bridgehead atoms. The fourth-order valence-electron chi connectivity index (χ4n) is 2.03. The Morgan fingerprint density at radius 2 is 2.29 bits per heavy atom. The van der Waals surface area contributed by atoms with Crippen LogP contribution in [0, 0.1) is 11.8 Å². The first-order chi connectivity index (χ1) is 6.90. The predicted octanol–water partition coefficient (Wildman–Crippen LogP) is 1.04. The molecule has 0 aromatic carbocycles. The number of nitrogens with one attached hydrogen (secondary N) is 1. The van der Waals surface area contributed by atoms with E-state index in [1.807, 2.05) is 7.05 Å². The number of ether oxygens (including phenoxy) is 2. The molecule has 1 saturated heterocycles. The zero-order valence-corrected chi connectivity index (χ0v) is 9.00. The quantitative estimate of drug-likeness (QED) is 0.693. The molecule has 1 aliphatic heterocycles. The maximum absolute atomic E-state index is 5.73. The van der Waals surface area contributed by atoms with Crippen molar-refractivity contribution in [2.24, 2.45) is 11.8 Å². The second kappa shape index (κ2) is 5.10. The third kappa shape index (κ3) is 2.94. The van der Waals surface area contributed by atoms with Crippen LogP contribution in [-0.4, -0.2) is 39.5 Å². The molecule has 14 heavy (non-hydrogen) atoms. The summed E-state index contributed by atoms with van der Waals surface area (Å²) in [6, 6.07) is 0.581. The first-order valence-electron chi connectivity index (χ1n) is 5.73. The monoisotopic (exact) mass is 199 g/mol. The van der Waals surface area contributed by atoms with E-state index in [4.69, 9.17) is 9.47 Å². The van der Waals surface area contributed by atoms with E-state index in [2.05, 4.69) is 5.32 Å². The molecular weight excluding hydrogens is 178 g/mol. The van der Waals surface area contributed by atoms with Gasteiger partial charge in [0.2, 0.25) is 0 Å². The van der Waals surface area contributed by atoms with Gasteiger partial charge in [-0.05, 0) is 32.2 Å². The summed E-state index contributed by atoms with van der Waals surface area (Å²) < 4.78 is 11.0. The average Bonchev–Trinajstić information content (AvgIpc) is 2.91. The summed E-state index contributed by atoms with van der Waals surface area (Å²) in [7, 11) is 2.03. The Hall–Kier alpha value is -0.120. The van der Waals surface area contributed by atoms with Crippen molar-refractivity contribution >= 4 is 0 Å². The number of hydrogen-bond donors (Lipinski definition) is 1. The Labute approximate surface area is 86.2 Å². The van der Waals surface area contributed by atoms with E-state index in [0.29, 0.717) is 12.0 Å². The van der Waals surface area contributed by atoms with Crippen LogP contribution in [0.1, 0.15) is 19.3 Å². The van der Waals surface area contributed by atoms with E-state index in [-0.39, 0.29) is 0 Å². The normalized spacial score (nSPS) is 29.4. The van der Waals surface area contributed by atoms with E-state index in [0.717, 1.165) is 32.3 Å². The van der Waals surface area contributed by atoms with Crippen molar-refractivity contribution in [3.8, 4) is 0 Å². The van der Waals surface area contributed by atoms with Crippen LogP contribution >= 0.6 is 0 Å². The second-order valence-corrected chi connectivity index (χ2v) is 4.50. The SMILES string of the molecule is CNC(COCC1CCOC1)C1CC1. The topological polar surface area (TPSA) is 30.5 Å². The van der Waals surface area contributed by atoms with Crippen molar-refractivity contribution in [2.75, 3.05) is 33.5 Å². The molecule has 1 aliphatic carbocycles. The summed E-state index contributed by atoms with van der Waals surface area (Å²) in [4.78, 5) is 0. The van der Waals surface area contributed by atoms with Crippen LogP contribution in [-0.2, 0) is 9.47 Å². The Morgan fingerprint density at radius 3 is 2.86 bits per heavy atom. The molecule has 1 heterocycles. The van der Waals surface area contributed by atoms with Gasteiger partial charge in [-0.1, -0.05) is 0 Å². The van der Waals surface area contributed by atoms with Gasteiger partial charge in [0.25, 0.3) is 0 Å². The Bertz CT molecular complexity index is 165. The zero-order chi connectivity index (χ0) is 9.80. The summed E-state index contributed by atoms with van der Waals surface area (Å²) in [6.45, 7) is 3.57. The van der Waals surface area contributed by atoms with Gasteiger partial charge >= 0.3 is 0 Å². The van der Waals surface area contributed by atoms with E-state index in [9.17, 15) is 0 Å². The zero-order valence-electron chi connectivity index (χ0n) is 9.00. The van der Waals surface area contributed by atoms with E-state index >= 15 is 0 Å². The van der Waals surface area contributed by atoms with Gasteiger partial charge in [0, 0.05) is 18.6 Å². The highest BCUT2D eigenvalue weighted by Gasteiger charge is 2.30. The minimum atomic E-state index is 0.581. The molecule has 0 amide bonds. The summed E-state index contributed by atoms with van der Waals surface area (Å²) in [5.74, 6) is 1.52. The smallest absolute Gasteiger partial charge is 0.0622 e. The highest BCUT2D eigenvalue weighted by atomic mass is 16.5. The molecule has 3 nitrogen and oxygen atoms in total. The number of hydrogen-bond acceptors (Lipinski definition) is 3. The largest absolute Gasteiger partial charge is 0.381 e. The van der Waals surface area contributed by atoms with Gasteiger partial charge in [-0.15, -0.1) is 0 Å². The molecule has 2 fully saturated rings. The Balaban J connectivity index is 1.56. The molecular formula is C11H21NO2. The molecule has 1 N–H and O–H groups in total. The molecule has 3 heteroatoms. The van der Waals surface area contributed by atoms with Gasteiger partial charge in [0.1, 0.15) is 0 Å². The first kappa shape index (κ1) is 10.4. The van der Waals surface area contributed by atoms with Crippen LogP contribution in [0.15, 0.2) is 0 Å². The van der Waals surface area contributed by atoms with Gasteiger partial charge in [0.05, 0.1) is 19.8 Å². The van der Waals surface area contributed by atoms with Crippen molar-refractivity contribution in [3.05, 3.63) is 0 Å². The van der Waals surface area contributed by atoms with Crippen LogP contribution in [0.3, 0.4) is 0 Å². The third-order valence-electron chi connectivity index (χ3n) is 3.24. The molecule has 1 saturated carbocycles. The van der Waals surface area contributed by atoms with Crippen LogP contribution in [0.5, 0.6) is 0 Å². The van der Waals surface area contributed by atoms with Gasteiger partial charge in [-0.3, -0.25) is 0 Å². The molecule has 2 atom stereocenters. The van der Waals surface area contributed by atoms with Gasteiger partial charge in [-0.2, -0.15) is 0 Å².